The standard InChI is InChI=1S/C16H18ClN3O2/c17-14-2-3-15-12(9-14)8-13(10-22-15)16(21)19-4-1-6-20-7-5-18-11-20/h2-3,5,7,9,11,13H,1,4,6,8,10H2,(H,19,21)/t13-/m0/s1. The average Bonchev–Trinajstić information content (AvgIpc) is 3.04. The van der Waals surface area contributed by atoms with Crippen molar-refractivity contribution >= 4 is 17.5 Å². The molecule has 1 atom stereocenters. The second kappa shape index (κ2) is 6.83. The molecule has 0 spiro atoms. The molecule has 1 amide bonds. The molecule has 116 valence electrons. The minimum atomic E-state index is -0.154. The van der Waals surface area contributed by atoms with Crippen LogP contribution in [0.4, 0.5) is 0 Å². The number of benzene rings is 1. The molecule has 0 saturated carbocycles. The first-order valence-electron chi connectivity index (χ1n) is 7.37. The number of imidazole rings is 1. The molecular formula is C16H18ClN3O2. The van der Waals surface area contributed by atoms with Crippen LogP contribution in [-0.2, 0) is 17.8 Å². The fourth-order valence-corrected chi connectivity index (χ4v) is 2.76. The van der Waals surface area contributed by atoms with E-state index in [2.05, 4.69) is 10.3 Å². The average molecular weight is 320 g/mol. The summed E-state index contributed by atoms with van der Waals surface area (Å²) in [5, 5.41) is 3.64. The van der Waals surface area contributed by atoms with E-state index in [0.29, 0.717) is 24.6 Å². The van der Waals surface area contributed by atoms with E-state index >= 15 is 0 Å². The molecule has 5 nitrogen and oxygen atoms in total. The molecule has 2 aromatic rings. The van der Waals surface area contributed by atoms with Gasteiger partial charge in [-0.1, -0.05) is 11.6 Å². The van der Waals surface area contributed by atoms with Crippen LogP contribution >= 0.6 is 11.6 Å². The van der Waals surface area contributed by atoms with E-state index in [9.17, 15) is 4.79 Å². The summed E-state index contributed by atoms with van der Waals surface area (Å²) < 4.78 is 7.64. The summed E-state index contributed by atoms with van der Waals surface area (Å²) in [6.45, 7) is 1.91. The quantitative estimate of drug-likeness (QED) is 0.860. The van der Waals surface area contributed by atoms with Gasteiger partial charge in [0.2, 0.25) is 5.91 Å². The molecule has 0 aliphatic carbocycles. The van der Waals surface area contributed by atoms with Gasteiger partial charge in [0, 0.05) is 30.5 Å². The van der Waals surface area contributed by atoms with Gasteiger partial charge in [0.25, 0.3) is 0 Å². The van der Waals surface area contributed by atoms with E-state index in [-0.39, 0.29) is 11.8 Å². The molecule has 1 aliphatic heterocycles. The van der Waals surface area contributed by atoms with Gasteiger partial charge < -0.3 is 14.6 Å². The topological polar surface area (TPSA) is 56.2 Å². The number of nitrogens with zero attached hydrogens (tertiary/aromatic N) is 2. The Labute approximate surface area is 134 Å². The second-order valence-electron chi connectivity index (χ2n) is 5.41. The monoisotopic (exact) mass is 319 g/mol. The minimum Gasteiger partial charge on any atom is -0.492 e. The molecule has 0 unspecified atom stereocenters. The molecule has 0 saturated heterocycles. The predicted octanol–water partition coefficient (Wildman–Crippen LogP) is 2.29. The SMILES string of the molecule is O=C(NCCCn1ccnc1)[C@@H]1COc2ccc(Cl)cc2C1. The van der Waals surface area contributed by atoms with E-state index in [1.165, 1.54) is 0 Å². The van der Waals surface area contributed by atoms with Crippen LogP contribution < -0.4 is 10.1 Å². The largest absolute Gasteiger partial charge is 0.492 e. The lowest BCUT2D eigenvalue weighted by molar-refractivity contribution is -0.126. The summed E-state index contributed by atoms with van der Waals surface area (Å²) in [6.07, 6.45) is 6.98. The molecule has 22 heavy (non-hydrogen) atoms. The lowest BCUT2D eigenvalue weighted by Gasteiger charge is -2.24. The van der Waals surface area contributed by atoms with Crippen molar-refractivity contribution in [2.75, 3.05) is 13.2 Å². The Morgan fingerprint density at radius 2 is 2.41 bits per heavy atom. The third-order valence-corrected chi connectivity index (χ3v) is 3.99. The molecule has 1 aromatic heterocycles. The third kappa shape index (κ3) is 3.60. The highest BCUT2D eigenvalue weighted by Crippen LogP contribution is 2.29. The molecule has 6 heteroatoms. The number of carbonyl (C=O) groups excluding carboxylic acids is 1. The zero-order valence-corrected chi connectivity index (χ0v) is 12.9. The highest BCUT2D eigenvalue weighted by molar-refractivity contribution is 6.30. The molecule has 1 aromatic carbocycles. The van der Waals surface area contributed by atoms with E-state index in [1.807, 2.05) is 22.9 Å². The number of fused-ring (bicyclic) bond motifs is 1. The van der Waals surface area contributed by atoms with Crippen LogP contribution in [0, 0.1) is 5.92 Å². The first-order chi connectivity index (χ1) is 10.7. The minimum absolute atomic E-state index is 0.0382. The Balaban J connectivity index is 1.47. The summed E-state index contributed by atoms with van der Waals surface area (Å²) >= 11 is 5.99. The molecule has 1 aliphatic rings. The number of ether oxygens (including phenoxy) is 1. The van der Waals surface area contributed by atoms with Gasteiger partial charge >= 0.3 is 0 Å². The van der Waals surface area contributed by atoms with Crippen LogP contribution in [0.2, 0.25) is 5.02 Å². The van der Waals surface area contributed by atoms with Gasteiger partial charge in [0.1, 0.15) is 12.4 Å². The van der Waals surface area contributed by atoms with Crippen LogP contribution in [-0.4, -0.2) is 28.6 Å². The number of rotatable bonds is 5. The Kier molecular flexibility index (Phi) is 4.63. The van der Waals surface area contributed by atoms with Gasteiger partial charge in [-0.05, 0) is 36.6 Å². The number of aryl methyl sites for hydroxylation is 1. The third-order valence-electron chi connectivity index (χ3n) is 3.75. The van der Waals surface area contributed by atoms with Crippen molar-refractivity contribution in [3.8, 4) is 5.75 Å². The van der Waals surface area contributed by atoms with Crippen molar-refractivity contribution in [3.63, 3.8) is 0 Å². The van der Waals surface area contributed by atoms with E-state index < -0.39 is 0 Å². The van der Waals surface area contributed by atoms with Crippen molar-refractivity contribution in [3.05, 3.63) is 47.5 Å². The van der Waals surface area contributed by atoms with E-state index in [0.717, 1.165) is 24.3 Å². The van der Waals surface area contributed by atoms with E-state index in [1.54, 1.807) is 18.6 Å². The molecule has 0 fully saturated rings. The van der Waals surface area contributed by atoms with Gasteiger partial charge in [0.05, 0.1) is 12.2 Å². The fourth-order valence-electron chi connectivity index (χ4n) is 2.57. The number of hydrogen-bond acceptors (Lipinski definition) is 3. The van der Waals surface area contributed by atoms with Crippen LogP contribution in [0.1, 0.15) is 12.0 Å². The normalized spacial score (nSPS) is 16.7. The van der Waals surface area contributed by atoms with Crippen molar-refractivity contribution in [1.82, 2.24) is 14.9 Å². The molecule has 0 radical (unpaired) electrons. The van der Waals surface area contributed by atoms with E-state index in [4.69, 9.17) is 16.3 Å². The predicted molar refractivity (Wildman–Crippen MR) is 84.0 cm³/mol. The smallest absolute Gasteiger partial charge is 0.226 e. The van der Waals surface area contributed by atoms with Crippen LogP contribution in [0.5, 0.6) is 5.75 Å². The van der Waals surface area contributed by atoms with Crippen LogP contribution in [0.25, 0.3) is 0 Å². The highest BCUT2D eigenvalue weighted by atomic mass is 35.5. The number of aromatic nitrogens is 2. The number of amides is 1. The maximum Gasteiger partial charge on any atom is 0.226 e. The Morgan fingerprint density at radius 3 is 3.23 bits per heavy atom. The molecule has 2 heterocycles. The van der Waals surface area contributed by atoms with Gasteiger partial charge in [-0.2, -0.15) is 0 Å². The van der Waals surface area contributed by atoms with Gasteiger partial charge in [-0.25, -0.2) is 4.98 Å². The maximum atomic E-state index is 12.2. The molecule has 1 N–H and O–H groups in total. The summed E-state index contributed by atoms with van der Waals surface area (Å²) in [5.41, 5.74) is 0.998. The Hall–Kier alpha value is -2.01. The Bertz CT molecular complexity index is 643. The number of hydrogen-bond donors (Lipinski definition) is 1. The van der Waals surface area contributed by atoms with Crippen molar-refractivity contribution in [2.45, 2.75) is 19.4 Å². The van der Waals surface area contributed by atoms with Gasteiger partial charge in [-0.15, -0.1) is 0 Å². The summed E-state index contributed by atoms with van der Waals surface area (Å²) in [7, 11) is 0. The first kappa shape index (κ1) is 14.9. The molecule has 3 rings (SSSR count). The number of nitrogens with one attached hydrogen (secondary N) is 1. The van der Waals surface area contributed by atoms with Gasteiger partial charge in [0.15, 0.2) is 0 Å². The van der Waals surface area contributed by atoms with Gasteiger partial charge in [-0.3, -0.25) is 4.79 Å². The zero-order valence-electron chi connectivity index (χ0n) is 12.2. The molecular weight excluding hydrogens is 302 g/mol. The van der Waals surface area contributed by atoms with Crippen LogP contribution in [0.3, 0.4) is 0 Å². The van der Waals surface area contributed by atoms with Crippen LogP contribution in [0.15, 0.2) is 36.9 Å². The highest BCUT2D eigenvalue weighted by Gasteiger charge is 2.25. The maximum absolute atomic E-state index is 12.2. The summed E-state index contributed by atoms with van der Waals surface area (Å²) in [5.74, 6) is 0.712. The second-order valence-corrected chi connectivity index (χ2v) is 5.85. The number of carbonyl (C=O) groups is 1. The lowest BCUT2D eigenvalue weighted by atomic mass is 9.96. The fraction of sp³-hybridized carbons (Fsp3) is 0.375. The van der Waals surface area contributed by atoms with Crippen molar-refractivity contribution in [1.29, 1.82) is 0 Å². The summed E-state index contributed by atoms with van der Waals surface area (Å²) in [4.78, 5) is 16.2. The lowest BCUT2D eigenvalue weighted by Crippen LogP contribution is -2.38. The Morgan fingerprint density at radius 1 is 1.50 bits per heavy atom. The van der Waals surface area contributed by atoms with Crippen molar-refractivity contribution < 1.29 is 9.53 Å². The zero-order chi connectivity index (χ0) is 15.4. The number of halogens is 1. The van der Waals surface area contributed by atoms with Crippen molar-refractivity contribution in [2.24, 2.45) is 5.92 Å². The molecule has 0 bridgehead atoms. The summed E-state index contributed by atoms with van der Waals surface area (Å²) in [6, 6.07) is 5.53. The first-order valence-corrected chi connectivity index (χ1v) is 7.75.